The Morgan fingerprint density at radius 3 is 2.26 bits per heavy atom. The van der Waals surface area contributed by atoms with Crippen molar-refractivity contribution in [3.63, 3.8) is 0 Å². The molecule has 1 fully saturated rings. The lowest BCUT2D eigenvalue weighted by Crippen LogP contribution is -2.63. The highest BCUT2D eigenvalue weighted by atomic mass is 16.2. The summed E-state index contributed by atoms with van der Waals surface area (Å²) < 4.78 is 0. The second-order valence-electron chi connectivity index (χ2n) is 6.12. The molecule has 2 amide bonds. The molecule has 0 aliphatic carbocycles. The Hall–Kier alpha value is -1.32. The molecule has 0 aromatic heterocycles. The first kappa shape index (κ1) is 15.7. The van der Waals surface area contributed by atoms with Crippen molar-refractivity contribution in [1.82, 2.24) is 10.2 Å². The summed E-state index contributed by atoms with van der Waals surface area (Å²) in [7, 11) is 0. The van der Waals surface area contributed by atoms with Gasteiger partial charge in [0, 0.05) is 6.54 Å². The monoisotopic (exact) mass is 266 g/mol. The van der Waals surface area contributed by atoms with E-state index in [1.54, 1.807) is 11.0 Å². The van der Waals surface area contributed by atoms with Crippen LogP contribution in [0.1, 0.15) is 40.5 Å². The highest BCUT2D eigenvalue weighted by Crippen LogP contribution is 2.20. The summed E-state index contributed by atoms with van der Waals surface area (Å²) in [6, 6.07) is -0.732. The Bertz CT molecular complexity index is 350. The molecule has 1 rings (SSSR count). The van der Waals surface area contributed by atoms with Crippen molar-refractivity contribution in [2.75, 3.05) is 6.54 Å². The molecule has 1 N–H and O–H groups in total. The molecular weight excluding hydrogens is 240 g/mol. The Kier molecular flexibility index (Phi) is 5.58. The van der Waals surface area contributed by atoms with Crippen molar-refractivity contribution in [1.29, 1.82) is 0 Å². The van der Waals surface area contributed by atoms with Crippen LogP contribution in [-0.4, -0.2) is 35.3 Å². The largest absolute Gasteiger partial charge is 0.342 e. The number of rotatable bonds is 6. The van der Waals surface area contributed by atoms with Crippen molar-refractivity contribution < 1.29 is 9.59 Å². The van der Waals surface area contributed by atoms with Crippen LogP contribution in [0.4, 0.5) is 0 Å². The first-order chi connectivity index (χ1) is 8.86. The molecule has 0 aromatic rings. The van der Waals surface area contributed by atoms with Gasteiger partial charge in [-0.2, -0.15) is 0 Å². The predicted molar refractivity (Wildman–Crippen MR) is 76.5 cm³/mol. The van der Waals surface area contributed by atoms with E-state index in [2.05, 4.69) is 39.6 Å². The maximum absolute atomic E-state index is 12.5. The van der Waals surface area contributed by atoms with E-state index in [0.717, 1.165) is 0 Å². The molecule has 0 saturated carbocycles. The standard InChI is InChI=1S/C15H26N2O2/c1-6-7-17-13(9-11(4)5)14(18)16-12(15(17)19)8-10(2)3/h6,10-13H,1,7-9H2,2-5H3,(H,16,18). The van der Waals surface area contributed by atoms with Crippen LogP contribution < -0.4 is 5.32 Å². The number of hydrogen-bond acceptors (Lipinski definition) is 2. The number of nitrogens with zero attached hydrogens (tertiary/aromatic N) is 1. The summed E-state index contributed by atoms with van der Waals surface area (Å²) in [6.07, 6.45) is 3.07. The molecule has 1 aliphatic heterocycles. The minimum absolute atomic E-state index is 0.0267. The molecule has 4 nitrogen and oxygen atoms in total. The summed E-state index contributed by atoms with van der Waals surface area (Å²) in [6.45, 7) is 12.4. The van der Waals surface area contributed by atoms with E-state index in [1.165, 1.54) is 0 Å². The van der Waals surface area contributed by atoms with Gasteiger partial charge in [0.2, 0.25) is 11.8 Å². The SMILES string of the molecule is C=CCN1C(=O)C(CC(C)C)NC(=O)C1CC(C)C. The van der Waals surface area contributed by atoms with Gasteiger partial charge >= 0.3 is 0 Å². The van der Waals surface area contributed by atoms with Crippen LogP contribution in [0, 0.1) is 11.8 Å². The summed E-state index contributed by atoms with van der Waals surface area (Å²) in [5.74, 6) is 0.749. The average Bonchev–Trinajstić information content (AvgIpc) is 2.29. The van der Waals surface area contributed by atoms with Crippen molar-refractivity contribution in [3.8, 4) is 0 Å². The van der Waals surface area contributed by atoms with Gasteiger partial charge in [0.15, 0.2) is 0 Å². The molecule has 108 valence electrons. The average molecular weight is 266 g/mol. The first-order valence-corrected chi connectivity index (χ1v) is 7.08. The molecule has 2 unspecified atom stereocenters. The Balaban J connectivity index is 2.89. The maximum Gasteiger partial charge on any atom is 0.246 e. The lowest BCUT2D eigenvalue weighted by Gasteiger charge is -2.39. The molecule has 0 bridgehead atoms. The zero-order valence-electron chi connectivity index (χ0n) is 12.5. The maximum atomic E-state index is 12.5. The second-order valence-corrected chi connectivity index (χ2v) is 6.12. The van der Waals surface area contributed by atoms with Crippen LogP contribution in [0.15, 0.2) is 12.7 Å². The van der Waals surface area contributed by atoms with Crippen LogP contribution >= 0.6 is 0 Å². The van der Waals surface area contributed by atoms with Crippen LogP contribution in [0.3, 0.4) is 0 Å². The van der Waals surface area contributed by atoms with E-state index in [1.807, 2.05) is 0 Å². The third-order valence-electron chi connectivity index (χ3n) is 3.30. The highest BCUT2D eigenvalue weighted by Gasteiger charge is 2.39. The van der Waals surface area contributed by atoms with E-state index < -0.39 is 0 Å². The first-order valence-electron chi connectivity index (χ1n) is 7.08. The lowest BCUT2D eigenvalue weighted by molar-refractivity contribution is -0.149. The van der Waals surface area contributed by atoms with E-state index in [9.17, 15) is 9.59 Å². The van der Waals surface area contributed by atoms with Crippen LogP contribution in [0.25, 0.3) is 0 Å². The minimum atomic E-state index is -0.379. The van der Waals surface area contributed by atoms with Gasteiger partial charge in [-0.25, -0.2) is 0 Å². The third-order valence-corrected chi connectivity index (χ3v) is 3.30. The molecule has 0 radical (unpaired) electrons. The fourth-order valence-corrected chi connectivity index (χ4v) is 2.49. The third kappa shape index (κ3) is 4.08. The van der Waals surface area contributed by atoms with Crippen LogP contribution in [0.5, 0.6) is 0 Å². The van der Waals surface area contributed by atoms with Gasteiger partial charge in [0.1, 0.15) is 12.1 Å². The van der Waals surface area contributed by atoms with Gasteiger partial charge < -0.3 is 10.2 Å². The lowest BCUT2D eigenvalue weighted by atomic mass is 9.94. The van der Waals surface area contributed by atoms with Gasteiger partial charge in [-0.3, -0.25) is 9.59 Å². The molecule has 0 spiro atoms. The summed E-state index contributed by atoms with van der Waals surface area (Å²) >= 11 is 0. The normalized spacial score (nSPS) is 24.0. The van der Waals surface area contributed by atoms with Gasteiger partial charge in [-0.15, -0.1) is 6.58 Å². The van der Waals surface area contributed by atoms with E-state index in [-0.39, 0.29) is 23.9 Å². The van der Waals surface area contributed by atoms with Gasteiger partial charge in [0.25, 0.3) is 0 Å². The molecule has 1 saturated heterocycles. The van der Waals surface area contributed by atoms with Gasteiger partial charge in [-0.05, 0) is 24.7 Å². The van der Waals surface area contributed by atoms with Crippen LogP contribution in [0.2, 0.25) is 0 Å². The number of hydrogen-bond donors (Lipinski definition) is 1. The summed E-state index contributed by atoms with van der Waals surface area (Å²) in [5.41, 5.74) is 0. The number of carbonyl (C=O) groups is 2. The molecular formula is C15H26N2O2. The molecule has 0 aromatic carbocycles. The minimum Gasteiger partial charge on any atom is -0.342 e. The fourth-order valence-electron chi connectivity index (χ4n) is 2.49. The highest BCUT2D eigenvalue weighted by molar-refractivity contribution is 5.97. The van der Waals surface area contributed by atoms with Crippen molar-refractivity contribution in [2.45, 2.75) is 52.6 Å². The zero-order valence-corrected chi connectivity index (χ0v) is 12.5. The topological polar surface area (TPSA) is 49.4 Å². The van der Waals surface area contributed by atoms with Crippen LogP contribution in [-0.2, 0) is 9.59 Å². The molecule has 1 aliphatic rings. The number of amides is 2. The van der Waals surface area contributed by atoms with Crippen molar-refractivity contribution in [2.24, 2.45) is 11.8 Å². The zero-order chi connectivity index (χ0) is 14.6. The molecule has 1 heterocycles. The van der Waals surface area contributed by atoms with Crippen molar-refractivity contribution in [3.05, 3.63) is 12.7 Å². The van der Waals surface area contributed by atoms with Gasteiger partial charge in [0.05, 0.1) is 0 Å². The smallest absolute Gasteiger partial charge is 0.246 e. The molecule has 19 heavy (non-hydrogen) atoms. The summed E-state index contributed by atoms with van der Waals surface area (Å²) in [5, 5.41) is 2.88. The Labute approximate surface area is 116 Å². The van der Waals surface area contributed by atoms with Crippen molar-refractivity contribution >= 4 is 11.8 Å². The number of piperazine rings is 1. The van der Waals surface area contributed by atoms with E-state index in [4.69, 9.17) is 0 Å². The van der Waals surface area contributed by atoms with Gasteiger partial charge in [-0.1, -0.05) is 33.8 Å². The quantitative estimate of drug-likeness (QED) is 0.747. The fraction of sp³-hybridized carbons (Fsp3) is 0.733. The summed E-state index contributed by atoms with van der Waals surface area (Å²) in [4.78, 5) is 26.3. The Morgan fingerprint density at radius 2 is 1.79 bits per heavy atom. The molecule has 2 atom stereocenters. The number of carbonyl (C=O) groups excluding carboxylic acids is 2. The molecule has 4 heteroatoms. The second kappa shape index (κ2) is 6.73. The predicted octanol–water partition coefficient (Wildman–Crippen LogP) is 1.96. The van der Waals surface area contributed by atoms with E-state index in [0.29, 0.717) is 31.2 Å². The Morgan fingerprint density at radius 1 is 1.21 bits per heavy atom. The van der Waals surface area contributed by atoms with E-state index >= 15 is 0 Å². The number of nitrogens with one attached hydrogen (secondary N) is 1.